The number of nitrogens with one attached hydrogen (secondary N) is 1. The van der Waals surface area contributed by atoms with Crippen LogP contribution in [-0.4, -0.2) is 27.7 Å². The van der Waals surface area contributed by atoms with Crippen LogP contribution in [0.1, 0.15) is 25.7 Å². The lowest BCUT2D eigenvalue weighted by atomic mass is 10.3. The van der Waals surface area contributed by atoms with Gasteiger partial charge in [-0.05, 0) is 37.1 Å². The molecule has 0 unspecified atom stereocenters. The Labute approximate surface area is 119 Å². The van der Waals surface area contributed by atoms with Gasteiger partial charge in [0.15, 0.2) is 0 Å². The minimum atomic E-state index is -3.44. The van der Waals surface area contributed by atoms with Crippen LogP contribution in [0.2, 0.25) is 0 Å². The fraction of sp³-hybridized carbons (Fsp3) is 0.538. The smallest absolute Gasteiger partial charge is 0.240 e. The summed E-state index contributed by atoms with van der Waals surface area (Å²) in [7, 11) is -3.44. The second kappa shape index (κ2) is 7.03. The molecule has 20 heavy (non-hydrogen) atoms. The zero-order valence-electron chi connectivity index (χ0n) is 11.2. The van der Waals surface area contributed by atoms with Gasteiger partial charge in [-0.15, -0.1) is 0 Å². The van der Waals surface area contributed by atoms with E-state index < -0.39 is 10.0 Å². The summed E-state index contributed by atoms with van der Waals surface area (Å²) in [5, 5.41) is 0. The molecule has 0 spiro atoms. The Morgan fingerprint density at radius 2 is 1.80 bits per heavy atom. The van der Waals surface area contributed by atoms with Crippen molar-refractivity contribution in [3.8, 4) is 5.75 Å². The molecule has 112 valence electrons. The normalized spacial score (nSPS) is 16.4. The lowest BCUT2D eigenvalue weighted by Crippen LogP contribution is -2.32. The zero-order valence-corrected chi connectivity index (χ0v) is 12.1. The van der Waals surface area contributed by atoms with Gasteiger partial charge in [0, 0.05) is 6.04 Å². The van der Waals surface area contributed by atoms with Crippen LogP contribution < -0.4 is 15.4 Å². The highest BCUT2D eigenvalue weighted by atomic mass is 32.2. The van der Waals surface area contributed by atoms with Gasteiger partial charge in [-0.1, -0.05) is 12.8 Å². The van der Waals surface area contributed by atoms with E-state index in [4.69, 9.17) is 10.6 Å². The van der Waals surface area contributed by atoms with Crippen molar-refractivity contribution < 1.29 is 18.0 Å². The molecule has 0 amide bonds. The van der Waals surface area contributed by atoms with Gasteiger partial charge in [-0.3, -0.25) is 0 Å². The molecule has 0 radical (unpaired) electrons. The third-order valence-corrected chi connectivity index (χ3v) is 4.82. The van der Waals surface area contributed by atoms with Gasteiger partial charge < -0.3 is 9.57 Å². The number of sulfonamides is 1. The second-order valence-corrected chi connectivity index (χ2v) is 6.51. The van der Waals surface area contributed by atoms with Gasteiger partial charge in [0.1, 0.15) is 19.0 Å². The highest BCUT2D eigenvalue weighted by molar-refractivity contribution is 7.89. The molecule has 0 aliphatic heterocycles. The molecule has 2 rings (SSSR count). The van der Waals surface area contributed by atoms with E-state index in [-0.39, 0.29) is 17.5 Å². The largest absolute Gasteiger partial charge is 0.491 e. The molecule has 3 N–H and O–H groups in total. The molecule has 0 saturated heterocycles. The summed E-state index contributed by atoms with van der Waals surface area (Å²) in [6, 6.07) is 6.39. The zero-order chi connectivity index (χ0) is 14.4. The van der Waals surface area contributed by atoms with Crippen molar-refractivity contribution in [2.24, 2.45) is 5.90 Å². The molecule has 1 aliphatic rings. The van der Waals surface area contributed by atoms with Crippen LogP contribution in [-0.2, 0) is 14.9 Å². The highest BCUT2D eigenvalue weighted by Crippen LogP contribution is 2.21. The first-order chi connectivity index (χ1) is 9.62. The summed E-state index contributed by atoms with van der Waals surface area (Å²) in [4.78, 5) is 4.64. The molecule has 7 heteroatoms. The Morgan fingerprint density at radius 3 is 2.40 bits per heavy atom. The topological polar surface area (TPSA) is 90.7 Å². The van der Waals surface area contributed by atoms with Crippen molar-refractivity contribution in [1.82, 2.24) is 4.72 Å². The van der Waals surface area contributed by atoms with E-state index in [2.05, 4.69) is 9.56 Å². The molecule has 6 nitrogen and oxygen atoms in total. The lowest BCUT2D eigenvalue weighted by molar-refractivity contribution is 0.102. The minimum absolute atomic E-state index is 0.0672. The van der Waals surface area contributed by atoms with Crippen molar-refractivity contribution in [3.05, 3.63) is 24.3 Å². The molecule has 0 heterocycles. The summed E-state index contributed by atoms with van der Waals surface area (Å²) < 4.78 is 32.4. The van der Waals surface area contributed by atoms with E-state index in [1.54, 1.807) is 12.1 Å². The molecule has 0 bridgehead atoms. The van der Waals surface area contributed by atoms with E-state index in [9.17, 15) is 8.42 Å². The lowest BCUT2D eigenvalue weighted by Gasteiger charge is -2.13. The van der Waals surface area contributed by atoms with Crippen molar-refractivity contribution in [3.63, 3.8) is 0 Å². The van der Waals surface area contributed by atoms with Crippen LogP contribution in [0.15, 0.2) is 29.2 Å². The average molecular weight is 300 g/mol. The monoisotopic (exact) mass is 300 g/mol. The summed E-state index contributed by atoms with van der Waals surface area (Å²) in [6.45, 7) is 0.603. The Balaban J connectivity index is 1.97. The van der Waals surface area contributed by atoms with Crippen molar-refractivity contribution >= 4 is 10.0 Å². The van der Waals surface area contributed by atoms with E-state index >= 15 is 0 Å². The minimum Gasteiger partial charge on any atom is -0.491 e. The maximum Gasteiger partial charge on any atom is 0.240 e. The number of rotatable bonds is 7. The molecule has 1 aliphatic carbocycles. The summed E-state index contributed by atoms with van der Waals surface area (Å²) in [5.74, 6) is 5.47. The van der Waals surface area contributed by atoms with Crippen molar-refractivity contribution in [2.75, 3.05) is 13.2 Å². The molecule has 1 aromatic carbocycles. The standard InChI is InChI=1S/C13H20N2O4S/c14-19-10-9-18-12-5-7-13(8-6-12)20(16,17)15-11-3-1-2-4-11/h5-8,11,15H,1-4,9-10,14H2. The van der Waals surface area contributed by atoms with Crippen molar-refractivity contribution in [1.29, 1.82) is 0 Å². The van der Waals surface area contributed by atoms with Gasteiger partial charge in [0.2, 0.25) is 10.0 Å². The average Bonchev–Trinajstić information content (AvgIpc) is 2.92. The third kappa shape index (κ3) is 4.17. The number of benzene rings is 1. The molecule has 1 saturated carbocycles. The molecular formula is C13H20N2O4S. The summed E-state index contributed by atoms with van der Waals surface area (Å²) >= 11 is 0. The van der Waals surface area contributed by atoms with E-state index in [0.29, 0.717) is 12.4 Å². The van der Waals surface area contributed by atoms with Gasteiger partial charge in [0.05, 0.1) is 4.90 Å². The van der Waals surface area contributed by atoms with E-state index in [1.165, 1.54) is 12.1 Å². The second-order valence-electron chi connectivity index (χ2n) is 4.79. The van der Waals surface area contributed by atoms with Crippen LogP contribution in [0.4, 0.5) is 0 Å². The Bertz CT molecular complexity index is 510. The number of ether oxygens (including phenoxy) is 1. The van der Waals surface area contributed by atoms with Crippen LogP contribution in [0.5, 0.6) is 5.75 Å². The first-order valence-corrected chi connectivity index (χ1v) is 8.17. The Morgan fingerprint density at radius 1 is 1.15 bits per heavy atom. The van der Waals surface area contributed by atoms with Crippen LogP contribution >= 0.6 is 0 Å². The SMILES string of the molecule is NOCCOc1ccc(S(=O)(=O)NC2CCCC2)cc1. The maximum absolute atomic E-state index is 12.2. The predicted octanol–water partition coefficient (Wildman–Crippen LogP) is 1.18. The van der Waals surface area contributed by atoms with Gasteiger partial charge in [-0.25, -0.2) is 19.0 Å². The molecule has 0 aromatic heterocycles. The van der Waals surface area contributed by atoms with E-state index in [1.807, 2.05) is 0 Å². The number of nitrogens with two attached hydrogens (primary N) is 1. The van der Waals surface area contributed by atoms with Crippen LogP contribution in [0.25, 0.3) is 0 Å². The highest BCUT2D eigenvalue weighted by Gasteiger charge is 2.22. The van der Waals surface area contributed by atoms with E-state index in [0.717, 1.165) is 25.7 Å². The van der Waals surface area contributed by atoms with Gasteiger partial charge in [0.25, 0.3) is 0 Å². The van der Waals surface area contributed by atoms with Gasteiger partial charge in [-0.2, -0.15) is 0 Å². The third-order valence-electron chi connectivity index (χ3n) is 3.28. The first-order valence-electron chi connectivity index (χ1n) is 6.69. The quantitative estimate of drug-likeness (QED) is 0.583. The van der Waals surface area contributed by atoms with Gasteiger partial charge >= 0.3 is 0 Å². The molecule has 1 aromatic rings. The first kappa shape index (κ1) is 15.2. The fourth-order valence-corrected chi connectivity index (χ4v) is 3.56. The Hall–Kier alpha value is -1.15. The van der Waals surface area contributed by atoms with Crippen LogP contribution in [0, 0.1) is 0 Å². The maximum atomic E-state index is 12.2. The predicted molar refractivity (Wildman–Crippen MR) is 74.7 cm³/mol. The van der Waals surface area contributed by atoms with Crippen molar-refractivity contribution in [2.45, 2.75) is 36.6 Å². The number of hydrogen-bond donors (Lipinski definition) is 2. The molecular weight excluding hydrogens is 280 g/mol. The summed E-state index contributed by atoms with van der Waals surface area (Å²) in [5.41, 5.74) is 0. The molecule has 0 atom stereocenters. The fourth-order valence-electron chi connectivity index (χ4n) is 2.25. The number of hydrogen-bond acceptors (Lipinski definition) is 5. The Kier molecular flexibility index (Phi) is 5.36. The molecule has 1 fully saturated rings. The summed E-state index contributed by atoms with van der Waals surface area (Å²) in [6.07, 6.45) is 4.01. The van der Waals surface area contributed by atoms with Crippen LogP contribution in [0.3, 0.4) is 0 Å².